The molecule has 0 atom stereocenters. The van der Waals surface area contributed by atoms with Gasteiger partial charge in [-0.1, -0.05) is 76.7 Å². The molecule has 0 aliphatic carbocycles. The van der Waals surface area contributed by atoms with Crippen molar-refractivity contribution in [1.82, 2.24) is 4.90 Å². The SMILES string of the molecule is O=C1S/C(=C/c2ccccc2OCc2ccc(Cl)cc2Cl)C(=O)N1Cc1ccc(Cl)c(Cl)c1. The van der Waals surface area contributed by atoms with Crippen LogP contribution in [-0.4, -0.2) is 16.0 Å². The van der Waals surface area contributed by atoms with Crippen LogP contribution in [0.15, 0.2) is 65.6 Å². The van der Waals surface area contributed by atoms with Gasteiger partial charge in [-0.2, -0.15) is 0 Å². The second kappa shape index (κ2) is 10.4. The molecule has 168 valence electrons. The van der Waals surface area contributed by atoms with E-state index in [4.69, 9.17) is 51.1 Å². The third-order valence-corrected chi connectivity index (χ3v) is 7.04. The van der Waals surface area contributed by atoms with Gasteiger partial charge >= 0.3 is 0 Å². The first kappa shape index (κ1) is 24.0. The maximum Gasteiger partial charge on any atom is 0.293 e. The summed E-state index contributed by atoms with van der Waals surface area (Å²) in [5, 5.41) is 1.46. The maximum absolute atomic E-state index is 12.9. The second-order valence-electron chi connectivity index (χ2n) is 7.08. The summed E-state index contributed by atoms with van der Waals surface area (Å²) >= 11 is 25.0. The van der Waals surface area contributed by atoms with Gasteiger partial charge in [0, 0.05) is 21.2 Å². The van der Waals surface area contributed by atoms with E-state index in [-0.39, 0.29) is 24.3 Å². The Kier molecular flexibility index (Phi) is 7.57. The van der Waals surface area contributed by atoms with Gasteiger partial charge < -0.3 is 4.74 Å². The number of para-hydroxylation sites is 1. The van der Waals surface area contributed by atoms with E-state index in [0.717, 1.165) is 17.3 Å². The van der Waals surface area contributed by atoms with E-state index in [1.807, 2.05) is 18.2 Å². The smallest absolute Gasteiger partial charge is 0.293 e. The number of amides is 2. The molecule has 0 aromatic heterocycles. The fraction of sp³-hybridized carbons (Fsp3) is 0.0833. The van der Waals surface area contributed by atoms with Crippen molar-refractivity contribution in [3.05, 3.63) is 102 Å². The van der Waals surface area contributed by atoms with E-state index in [9.17, 15) is 9.59 Å². The standard InChI is InChI=1S/C24H15Cl4NO3S/c25-17-7-6-16(19(27)11-17)13-32-21-4-2-1-3-15(21)10-22-23(30)29(24(31)33-22)12-14-5-8-18(26)20(28)9-14/h1-11H,12-13H2/b22-10+. The van der Waals surface area contributed by atoms with Crippen molar-refractivity contribution in [2.75, 3.05) is 0 Å². The van der Waals surface area contributed by atoms with Crippen LogP contribution in [0.2, 0.25) is 20.1 Å². The van der Waals surface area contributed by atoms with Crippen molar-refractivity contribution in [3.63, 3.8) is 0 Å². The quantitative estimate of drug-likeness (QED) is 0.297. The Bertz CT molecular complexity index is 1280. The van der Waals surface area contributed by atoms with Gasteiger partial charge in [-0.15, -0.1) is 0 Å². The van der Waals surface area contributed by atoms with Crippen LogP contribution in [0.5, 0.6) is 5.75 Å². The minimum atomic E-state index is -0.383. The Labute approximate surface area is 215 Å². The molecule has 1 saturated heterocycles. The molecule has 4 rings (SSSR count). The molecule has 0 radical (unpaired) electrons. The number of hydrogen-bond acceptors (Lipinski definition) is 4. The molecule has 9 heteroatoms. The topological polar surface area (TPSA) is 46.6 Å². The summed E-state index contributed by atoms with van der Waals surface area (Å²) in [6, 6.07) is 17.4. The molecule has 0 bridgehead atoms. The summed E-state index contributed by atoms with van der Waals surface area (Å²) in [5.41, 5.74) is 2.15. The van der Waals surface area contributed by atoms with Crippen LogP contribution in [-0.2, 0) is 17.9 Å². The lowest BCUT2D eigenvalue weighted by molar-refractivity contribution is -0.123. The number of nitrogens with zero attached hydrogens (tertiary/aromatic N) is 1. The third-order valence-electron chi connectivity index (χ3n) is 4.80. The zero-order chi connectivity index (χ0) is 23.5. The molecular weight excluding hydrogens is 524 g/mol. The molecule has 0 saturated carbocycles. The monoisotopic (exact) mass is 537 g/mol. The average molecular weight is 539 g/mol. The van der Waals surface area contributed by atoms with E-state index in [0.29, 0.717) is 41.9 Å². The Hall–Kier alpha value is -2.15. The van der Waals surface area contributed by atoms with E-state index in [1.54, 1.807) is 48.5 Å². The summed E-state index contributed by atoms with van der Waals surface area (Å²) in [4.78, 5) is 26.9. The second-order valence-corrected chi connectivity index (χ2v) is 9.73. The number of carbonyl (C=O) groups is 2. The van der Waals surface area contributed by atoms with Crippen molar-refractivity contribution < 1.29 is 14.3 Å². The number of benzene rings is 3. The lowest BCUT2D eigenvalue weighted by atomic mass is 10.1. The number of rotatable bonds is 6. The molecule has 4 nitrogen and oxygen atoms in total. The van der Waals surface area contributed by atoms with Gasteiger partial charge in [0.25, 0.3) is 11.1 Å². The Morgan fingerprint density at radius 2 is 1.67 bits per heavy atom. The molecule has 1 aliphatic rings. The maximum atomic E-state index is 12.9. The fourth-order valence-corrected chi connectivity index (χ4v) is 4.74. The Balaban J connectivity index is 1.52. The highest BCUT2D eigenvalue weighted by Crippen LogP contribution is 2.35. The Morgan fingerprint density at radius 1 is 0.879 bits per heavy atom. The predicted octanol–water partition coefficient (Wildman–Crippen LogP) is 8.12. The molecule has 2 amide bonds. The van der Waals surface area contributed by atoms with Crippen LogP contribution in [0.3, 0.4) is 0 Å². The van der Waals surface area contributed by atoms with Crippen LogP contribution in [0, 0.1) is 0 Å². The lowest BCUT2D eigenvalue weighted by Gasteiger charge is -2.13. The molecule has 0 spiro atoms. The van der Waals surface area contributed by atoms with E-state index < -0.39 is 0 Å². The predicted molar refractivity (Wildman–Crippen MR) is 135 cm³/mol. The molecular formula is C24H15Cl4NO3S. The largest absolute Gasteiger partial charge is 0.488 e. The number of carbonyl (C=O) groups excluding carboxylic acids is 2. The van der Waals surface area contributed by atoms with Crippen LogP contribution in [0.1, 0.15) is 16.7 Å². The third kappa shape index (κ3) is 5.68. The molecule has 3 aromatic rings. The van der Waals surface area contributed by atoms with Crippen molar-refractivity contribution >= 4 is 75.4 Å². The summed E-state index contributed by atoms with van der Waals surface area (Å²) in [6.45, 7) is 0.325. The minimum absolute atomic E-state index is 0.103. The molecule has 1 fully saturated rings. The zero-order valence-electron chi connectivity index (χ0n) is 16.9. The highest BCUT2D eigenvalue weighted by Gasteiger charge is 2.35. The first-order valence-corrected chi connectivity index (χ1v) is 12.0. The zero-order valence-corrected chi connectivity index (χ0v) is 20.7. The molecule has 0 N–H and O–H groups in total. The Morgan fingerprint density at radius 3 is 2.42 bits per heavy atom. The number of halogens is 4. The number of hydrogen-bond donors (Lipinski definition) is 0. The highest BCUT2D eigenvalue weighted by atomic mass is 35.5. The molecule has 1 heterocycles. The van der Waals surface area contributed by atoms with Gasteiger partial charge in [-0.05, 0) is 53.7 Å². The molecule has 3 aromatic carbocycles. The van der Waals surface area contributed by atoms with Crippen molar-refractivity contribution in [3.8, 4) is 5.75 Å². The van der Waals surface area contributed by atoms with E-state index >= 15 is 0 Å². The van der Waals surface area contributed by atoms with Crippen molar-refractivity contribution in [2.45, 2.75) is 13.2 Å². The van der Waals surface area contributed by atoms with Crippen LogP contribution < -0.4 is 4.74 Å². The molecule has 33 heavy (non-hydrogen) atoms. The first-order valence-electron chi connectivity index (χ1n) is 9.67. The lowest BCUT2D eigenvalue weighted by Crippen LogP contribution is -2.27. The van der Waals surface area contributed by atoms with Gasteiger partial charge in [0.1, 0.15) is 12.4 Å². The van der Waals surface area contributed by atoms with Gasteiger partial charge in [-0.25, -0.2) is 0 Å². The highest BCUT2D eigenvalue weighted by molar-refractivity contribution is 8.18. The van der Waals surface area contributed by atoms with E-state index in [1.165, 1.54) is 4.90 Å². The van der Waals surface area contributed by atoms with Crippen molar-refractivity contribution in [2.24, 2.45) is 0 Å². The average Bonchev–Trinajstić information content (AvgIpc) is 3.04. The number of imide groups is 1. The normalized spacial score (nSPS) is 14.9. The summed E-state index contributed by atoms with van der Waals surface area (Å²) in [7, 11) is 0. The van der Waals surface area contributed by atoms with Crippen LogP contribution >= 0.6 is 58.2 Å². The van der Waals surface area contributed by atoms with Crippen molar-refractivity contribution in [1.29, 1.82) is 0 Å². The first-order chi connectivity index (χ1) is 15.8. The van der Waals surface area contributed by atoms with Gasteiger partial charge in [0.2, 0.25) is 0 Å². The van der Waals surface area contributed by atoms with Gasteiger partial charge in [0.15, 0.2) is 0 Å². The summed E-state index contributed by atoms with van der Waals surface area (Å²) < 4.78 is 5.94. The summed E-state index contributed by atoms with van der Waals surface area (Å²) in [6.07, 6.45) is 1.65. The molecule has 0 unspecified atom stereocenters. The number of thioether (sulfide) groups is 1. The summed E-state index contributed by atoms with van der Waals surface area (Å²) in [5.74, 6) is 0.173. The fourth-order valence-electron chi connectivity index (χ4n) is 3.12. The van der Waals surface area contributed by atoms with Gasteiger partial charge in [-0.3, -0.25) is 14.5 Å². The van der Waals surface area contributed by atoms with Crippen LogP contribution in [0.25, 0.3) is 6.08 Å². The van der Waals surface area contributed by atoms with E-state index in [2.05, 4.69) is 0 Å². The van der Waals surface area contributed by atoms with Crippen LogP contribution in [0.4, 0.5) is 4.79 Å². The van der Waals surface area contributed by atoms with Gasteiger partial charge in [0.05, 0.1) is 21.5 Å². The minimum Gasteiger partial charge on any atom is -0.488 e. The molecule has 1 aliphatic heterocycles. The number of ether oxygens (including phenoxy) is 1.